The molecule has 0 saturated carbocycles. The molecule has 1 aromatic rings. The minimum Gasteiger partial charge on any atom is -0.261 e. The van der Waals surface area contributed by atoms with E-state index in [2.05, 4.69) is 9.71 Å². The number of nitrogens with one attached hydrogen (secondary N) is 1. The van der Waals surface area contributed by atoms with Gasteiger partial charge in [0.05, 0.1) is 5.75 Å². The van der Waals surface area contributed by atoms with Crippen LogP contribution in [-0.2, 0) is 16.4 Å². The second-order valence-electron chi connectivity index (χ2n) is 3.64. The van der Waals surface area contributed by atoms with Crippen LogP contribution in [0.5, 0.6) is 0 Å². The second kappa shape index (κ2) is 6.60. The van der Waals surface area contributed by atoms with Gasteiger partial charge in [-0.3, -0.25) is 4.98 Å². The third-order valence-corrected chi connectivity index (χ3v) is 3.72. The molecule has 0 fully saturated rings. The summed E-state index contributed by atoms with van der Waals surface area (Å²) >= 11 is 0. The van der Waals surface area contributed by atoms with Crippen LogP contribution >= 0.6 is 0 Å². The molecular formula is C11H18N2O2S. The number of hydrogen-bond donors (Lipinski definition) is 1. The standard InChI is InChI=1S/C11H18N2O2S/c1-2-10-16(14,15)13-9-5-7-11-6-3-4-8-12-11/h3-4,6,8,13H,2,5,7,9-10H2,1H3. The lowest BCUT2D eigenvalue weighted by molar-refractivity contribution is 0.577. The third kappa shape index (κ3) is 5.23. The van der Waals surface area contributed by atoms with Crippen LogP contribution in [-0.4, -0.2) is 25.7 Å². The molecule has 90 valence electrons. The summed E-state index contributed by atoms with van der Waals surface area (Å²) in [6.07, 6.45) is 3.97. The predicted octanol–water partition coefficient (Wildman–Crippen LogP) is 1.34. The predicted molar refractivity (Wildman–Crippen MR) is 64.6 cm³/mol. The van der Waals surface area contributed by atoms with Crippen molar-refractivity contribution in [2.45, 2.75) is 26.2 Å². The van der Waals surface area contributed by atoms with E-state index in [1.165, 1.54) is 0 Å². The Morgan fingerprint density at radius 3 is 2.81 bits per heavy atom. The molecule has 0 aliphatic rings. The topological polar surface area (TPSA) is 59.1 Å². The van der Waals surface area contributed by atoms with Gasteiger partial charge in [-0.1, -0.05) is 13.0 Å². The van der Waals surface area contributed by atoms with Gasteiger partial charge in [0.15, 0.2) is 0 Å². The molecule has 0 bridgehead atoms. The molecule has 5 heteroatoms. The molecule has 0 radical (unpaired) electrons. The van der Waals surface area contributed by atoms with E-state index in [-0.39, 0.29) is 5.75 Å². The lowest BCUT2D eigenvalue weighted by atomic mass is 10.2. The zero-order chi connectivity index (χ0) is 11.9. The third-order valence-electron chi connectivity index (χ3n) is 2.13. The first-order chi connectivity index (χ1) is 7.64. The second-order valence-corrected chi connectivity index (χ2v) is 5.56. The average Bonchev–Trinajstić information content (AvgIpc) is 2.26. The van der Waals surface area contributed by atoms with Crippen molar-refractivity contribution in [1.82, 2.24) is 9.71 Å². The minimum absolute atomic E-state index is 0.205. The Morgan fingerprint density at radius 2 is 2.19 bits per heavy atom. The van der Waals surface area contributed by atoms with Gasteiger partial charge in [0.25, 0.3) is 0 Å². The summed E-state index contributed by atoms with van der Waals surface area (Å²) in [5, 5.41) is 0. The molecule has 0 spiro atoms. The molecule has 1 N–H and O–H groups in total. The zero-order valence-electron chi connectivity index (χ0n) is 9.52. The number of nitrogens with zero attached hydrogens (tertiary/aromatic N) is 1. The van der Waals surface area contributed by atoms with Crippen LogP contribution in [0.4, 0.5) is 0 Å². The van der Waals surface area contributed by atoms with Crippen molar-refractivity contribution in [2.24, 2.45) is 0 Å². The summed E-state index contributed by atoms with van der Waals surface area (Å²) in [4.78, 5) is 4.17. The van der Waals surface area contributed by atoms with Gasteiger partial charge in [-0.15, -0.1) is 0 Å². The van der Waals surface area contributed by atoms with E-state index in [1.807, 2.05) is 25.1 Å². The fourth-order valence-corrected chi connectivity index (χ4v) is 2.52. The monoisotopic (exact) mass is 242 g/mol. The van der Waals surface area contributed by atoms with E-state index in [4.69, 9.17) is 0 Å². The Morgan fingerprint density at radius 1 is 1.38 bits per heavy atom. The first kappa shape index (κ1) is 13.1. The van der Waals surface area contributed by atoms with Crippen LogP contribution < -0.4 is 4.72 Å². The summed E-state index contributed by atoms with van der Waals surface area (Å²) in [5.41, 5.74) is 0.997. The Balaban J connectivity index is 2.22. The number of aryl methyl sites for hydroxylation is 1. The van der Waals surface area contributed by atoms with Crippen molar-refractivity contribution >= 4 is 10.0 Å². The van der Waals surface area contributed by atoms with E-state index >= 15 is 0 Å². The van der Waals surface area contributed by atoms with Gasteiger partial charge >= 0.3 is 0 Å². The summed E-state index contributed by atoms with van der Waals surface area (Å²) < 4.78 is 25.2. The molecule has 4 nitrogen and oxygen atoms in total. The fraction of sp³-hybridized carbons (Fsp3) is 0.545. The highest BCUT2D eigenvalue weighted by Crippen LogP contribution is 1.98. The van der Waals surface area contributed by atoms with Gasteiger partial charge in [-0.05, 0) is 31.4 Å². The smallest absolute Gasteiger partial charge is 0.211 e. The van der Waals surface area contributed by atoms with Crippen molar-refractivity contribution in [2.75, 3.05) is 12.3 Å². The Labute approximate surface area is 97.2 Å². The average molecular weight is 242 g/mol. The minimum atomic E-state index is -3.06. The van der Waals surface area contributed by atoms with Crippen molar-refractivity contribution < 1.29 is 8.42 Å². The van der Waals surface area contributed by atoms with E-state index < -0.39 is 10.0 Å². The summed E-state index contributed by atoms with van der Waals surface area (Å²) in [5.74, 6) is 0.205. The highest BCUT2D eigenvalue weighted by molar-refractivity contribution is 7.89. The van der Waals surface area contributed by atoms with Crippen molar-refractivity contribution in [1.29, 1.82) is 0 Å². The van der Waals surface area contributed by atoms with Crippen LogP contribution in [0.25, 0.3) is 0 Å². The van der Waals surface area contributed by atoms with E-state index in [9.17, 15) is 8.42 Å². The molecule has 16 heavy (non-hydrogen) atoms. The largest absolute Gasteiger partial charge is 0.261 e. The molecule has 0 saturated heterocycles. The van der Waals surface area contributed by atoms with Crippen molar-refractivity contribution in [3.05, 3.63) is 30.1 Å². The molecule has 0 atom stereocenters. The van der Waals surface area contributed by atoms with Gasteiger partial charge in [0.1, 0.15) is 0 Å². The maximum absolute atomic E-state index is 11.3. The van der Waals surface area contributed by atoms with Gasteiger partial charge in [-0.25, -0.2) is 13.1 Å². The number of hydrogen-bond acceptors (Lipinski definition) is 3. The first-order valence-corrected chi connectivity index (χ1v) is 7.16. The highest BCUT2D eigenvalue weighted by Gasteiger charge is 2.06. The van der Waals surface area contributed by atoms with Crippen LogP contribution in [0.3, 0.4) is 0 Å². The molecular weight excluding hydrogens is 224 g/mol. The van der Waals surface area contributed by atoms with Gasteiger partial charge < -0.3 is 0 Å². The molecule has 0 amide bonds. The summed E-state index contributed by atoms with van der Waals surface area (Å²) in [6.45, 7) is 2.34. The van der Waals surface area contributed by atoms with Crippen molar-refractivity contribution in [3.63, 3.8) is 0 Å². The zero-order valence-corrected chi connectivity index (χ0v) is 10.3. The fourth-order valence-electron chi connectivity index (χ4n) is 1.38. The molecule has 0 aliphatic carbocycles. The van der Waals surface area contributed by atoms with Crippen LogP contribution in [0.1, 0.15) is 25.5 Å². The normalized spacial score (nSPS) is 11.6. The van der Waals surface area contributed by atoms with Crippen LogP contribution in [0, 0.1) is 0 Å². The Kier molecular flexibility index (Phi) is 5.42. The molecule has 1 rings (SSSR count). The molecule has 1 heterocycles. The molecule has 0 aromatic carbocycles. The molecule has 1 aromatic heterocycles. The van der Waals surface area contributed by atoms with E-state index in [1.54, 1.807) is 6.20 Å². The van der Waals surface area contributed by atoms with Gasteiger partial charge in [-0.2, -0.15) is 0 Å². The highest BCUT2D eigenvalue weighted by atomic mass is 32.2. The van der Waals surface area contributed by atoms with Gasteiger partial charge in [0.2, 0.25) is 10.0 Å². The number of pyridine rings is 1. The van der Waals surface area contributed by atoms with E-state index in [0.717, 1.165) is 18.5 Å². The molecule has 0 unspecified atom stereocenters. The lowest BCUT2D eigenvalue weighted by Crippen LogP contribution is -2.27. The maximum atomic E-state index is 11.3. The van der Waals surface area contributed by atoms with Crippen LogP contribution in [0.2, 0.25) is 0 Å². The lowest BCUT2D eigenvalue weighted by Gasteiger charge is -2.04. The number of sulfonamides is 1. The summed E-state index contributed by atoms with van der Waals surface area (Å²) in [6, 6.07) is 5.75. The molecule has 0 aliphatic heterocycles. The maximum Gasteiger partial charge on any atom is 0.211 e. The van der Waals surface area contributed by atoms with E-state index in [0.29, 0.717) is 13.0 Å². The SMILES string of the molecule is CCCS(=O)(=O)NCCCc1ccccn1. The van der Waals surface area contributed by atoms with Gasteiger partial charge in [0, 0.05) is 18.4 Å². The Bertz CT molecular complexity index is 390. The Hall–Kier alpha value is -0.940. The summed E-state index contributed by atoms with van der Waals surface area (Å²) in [7, 11) is -3.06. The van der Waals surface area contributed by atoms with Crippen molar-refractivity contribution in [3.8, 4) is 0 Å². The number of rotatable bonds is 7. The number of aromatic nitrogens is 1. The van der Waals surface area contributed by atoms with Crippen LogP contribution in [0.15, 0.2) is 24.4 Å². The quantitative estimate of drug-likeness (QED) is 0.734. The first-order valence-electron chi connectivity index (χ1n) is 5.51.